The van der Waals surface area contributed by atoms with Crippen LogP contribution in [0.15, 0.2) is 41.3 Å². The summed E-state index contributed by atoms with van der Waals surface area (Å²) in [6.45, 7) is 0. The Morgan fingerprint density at radius 1 is 1.29 bits per heavy atom. The Bertz CT molecular complexity index is 545. The van der Waals surface area contributed by atoms with Gasteiger partial charge in [0.25, 0.3) is 5.91 Å². The first-order valence-electron chi connectivity index (χ1n) is 4.69. The fourth-order valence-electron chi connectivity index (χ4n) is 1.20. The molecule has 1 aromatic heterocycles. The Balaban J connectivity index is 2.14. The monoisotopic (exact) mass is 311 g/mol. The van der Waals surface area contributed by atoms with Gasteiger partial charge in [-0.25, -0.2) is 9.97 Å². The van der Waals surface area contributed by atoms with Crippen LogP contribution in [0, 0.1) is 0 Å². The van der Waals surface area contributed by atoms with E-state index < -0.39 is 0 Å². The minimum absolute atomic E-state index is 0.274. The van der Waals surface area contributed by atoms with Crippen molar-refractivity contribution in [1.29, 1.82) is 0 Å². The van der Waals surface area contributed by atoms with E-state index >= 15 is 0 Å². The van der Waals surface area contributed by atoms with Crippen LogP contribution in [0.4, 0.5) is 5.82 Å². The zero-order valence-corrected chi connectivity index (χ0v) is 10.9. The molecular formula is C11H7BrClN3O. The third-order valence-electron chi connectivity index (χ3n) is 1.95. The number of hydrogen-bond acceptors (Lipinski definition) is 3. The van der Waals surface area contributed by atoms with Gasteiger partial charge < -0.3 is 5.32 Å². The van der Waals surface area contributed by atoms with Gasteiger partial charge in [-0.3, -0.25) is 4.79 Å². The average Bonchev–Trinajstić information content (AvgIpc) is 2.32. The number of benzene rings is 1. The summed E-state index contributed by atoms with van der Waals surface area (Å²) in [6, 6.07) is 6.68. The summed E-state index contributed by atoms with van der Waals surface area (Å²) >= 11 is 8.96. The van der Waals surface area contributed by atoms with Crippen LogP contribution in [0.2, 0.25) is 5.02 Å². The summed E-state index contributed by atoms with van der Waals surface area (Å²) in [5, 5.41) is 3.13. The molecule has 1 N–H and O–H groups in total. The summed E-state index contributed by atoms with van der Waals surface area (Å²) < 4.78 is 0.609. The smallest absolute Gasteiger partial charge is 0.256 e. The van der Waals surface area contributed by atoms with Crippen molar-refractivity contribution in [3.05, 3.63) is 51.8 Å². The number of carbonyl (C=O) groups excluding carboxylic acids is 1. The first kappa shape index (κ1) is 12.0. The average molecular weight is 313 g/mol. The first-order chi connectivity index (χ1) is 8.15. The van der Waals surface area contributed by atoms with E-state index in [1.165, 1.54) is 12.4 Å². The lowest BCUT2D eigenvalue weighted by Gasteiger charge is -2.04. The highest BCUT2D eigenvalue weighted by atomic mass is 79.9. The quantitative estimate of drug-likeness (QED) is 0.927. The van der Waals surface area contributed by atoms with Gasteiger partial charge in [0.1, 0.15) is 4.60 Å². The molecule has 1 amide bonds. The highest BCUT2D eigenvalue weighted by molar-refractivity contribution is 9.10. The van der Waals surface area contributed by atoms with E-state index in [0.717, 1.165) is 0 Å². The first-order valence-corrected chi connectivity index (χ1v) is 5.87. The molecule has 0 aliphatic heterocycles. The van der Waals surface area contributed by atoms with Gasteiger partial charge >= 0.3 is 0 Å². The van der Waals surface area contributed by atoms with Gasteiger partial charge in [0.15, 0.2) is 5.82 Å². The highest BCUT2D eigenvalue weighted by Crippen LogP contribution is 2.12. The molecule has 2 aromatic rings. The molecule has 0 saturated heterocycles. The summed E-state index contributed by atoms with van der Waals surface area (Å²) in [4.78, 5) is 19.8. The summed E-state index contributed by atoms with van der Waals surface area (Å²) in [5.74, 6) is 0.113. The summed E-state index contributed by atoms with van der Waals surface area (Å²) in [5.41, 5.74) is 0.474. The normalized spacial score (nSPS) is 10.0. The van der Waals surface area contributed by atoms with Gasteiger partial charge in [-0.1, -0.05) is 17.7 Å². The van der Waals surface area contributed by atoms with Gasteiger partial charge in [-0.05, 0) is 34.1 Å². The Morgan fingerprint density at radius 3 is 2.76 bits per heavy atom. The van der Waals surface area contributed by atoms with Crippen LogP contribution < -0.4 is 5.32 Å². The number of anilines is 1. The van der Waals surface area contributed by atoms with Crippen LogP contribution in [0.1, 0.15) is 10.4 Å². The minimum atomic E-state index is -0.274. The second-order valence-corrected chi connectivity index (χ2v) is 4.44. The topological polar surface area (TPSA) is 54.9 Å². The number of rotatable bonds is 2. The molecule has 1 heterocycles. The number of nitrogens with zero attached hydrogens (tertiary/aromatic N) is 2. The van der Waals surface area contributed by atoms with Crippen molar-refractivity contribution in [2.24, 2.45) is 0 Å². The zero-order chi connectivity index (χ0) is 12.3. The lowest BCUT2D eigenvalue weighted by atomic mass is 10.2. The predicted octanol–water partition coefficient (Wildman–Crippen LogP) is 3.14. The Morgan fingerprint density at radius 2 is 2.12 bits per heavy atom. The second kappa shape index (κ2) is 5.25. The Hall–Kier alpha value is -1.46. The SMILES string of the molecule is O=C(Nc1cnc(Br)cn1)c1cccc(Cl)c1. The van der Waals surface area contributed by atoms with Crippen molar-refractivity contribution in [2.75, 3.05) is 5.32 Å². The molecule has 2 rings (SSSR count). The maximum absolute atomic E-state index is 11.8. The molecule has 0 bridgehead atoms. The van der Waals surface area contributed by atoms with E-state index in [4.69, 9.17) is 11.6 Å². The Kier molecular flexibility index (Phi) is 3.71. The van der Waals surface area contributed by atoms with Crippen molar-refractivity contribution in [2.45, 2.75) is 0 Å². The predicted molar refractivity (Wildman–Crippen MR) is 69.1 cm³/mol. The van der Waals surface area contributed by atoms with Crippen molar-refractivity contribution in [3.8, 4) is 0 Å². The van der Waals surface area contributed by atoms with Crippen LogP contribution in [0.5, 0.6) is 0 Å². The molecule has 0 atom stereocenters. The van der Waals surface area contributed by atoms with Crippen molar-refractivity contribution in [3.63, 3.8) is 0 Å². The molecule has 1 aromatic carbocycles. The van der Waals surface area contributed by atoms with Crippen molar-refractivity contribution < 1.29 is 4.79 Å². The molecule has 6 heteroatoms. The molecule has 0 saturated carbocycles. The van der Waals surface area contributed by atoms with Gasteiger partial charge in [0, 0.05) is 10.6 Å². The molecule has 4 nitrogen and oxygen atoms in total. The fraction of sp³-hybridized carbons (Fsp3) is 0. The van der Waals surface area contributed by atoms with Crippen LogP contribution in [-0.2, 0) is 0 Å². The van der Waals surface area contributed by atoms with Crippen LogP contribution >= 0.6 is 27.5 Å². The summed E-state index contributed by atoms with van der Waals surface area (Å²) in [6.07, 6.45) is 2.97. The third-order valence-corrected chi connectivity index (χ3v) is 2.59. The lowest BCUT2D eigenvalue weighted by Crippen LogP contribution is -2.12. The molecule has 0 aliphatic carbocycles. The van der Waals surface area contributed by atoms with E-state index in [1.54, 1.807) is 24.3 Å². The number of carbonyl (C=O) groups is 1. The lowest BCUT2D eigenvalue weighted by molar-refractivity contribution is 0.102. The highest BCUT2D eigenvalue weighted by Gasteiger charge is 2.07. The van der Waals surface area contributed by atoms with Crippen molar-refractivity contribution >= 4 is 39.3 Å². The molecule has 0 radical (unpaired) electrons. The van der Waals surface area contributed by atoms with E-state index in [2.05, 4.69) is 31.2 Å². The van der Waals surface area contributed by atoms with E-state index in [9.17, 15) is 4.79 Å². The Labute approximate surface area is 111 Å². The van der Waals surface area contributed by atoms with Gasteiger partial charge in [-0.15, -0.1) is 0 Å². The maximum Gasteiger partial charge on any atom is 0.256 e. The van der Waals surface area contributed by atoms with E-state index in [1.807, 2.05) is 0 Å². The molecule has 0 spiro atoms. The molecule has 0 fully saturated rings. The van der Waals surface area contributed by atoms with Crippen LogP contribution in [-0.4, -0.2) is 15.9 Å². The molecule has 0 unspecified atom stereocenters. The number of nitrogens with one attached hydrogen (secondary N) is 1. The number of aromatic nitrogens is 2. The van der Waals surface area contributed by atoms with E-state index in [0.29, 0.717) is 21.0 Å². The second-order valence-electron chi connectivity index (χ2n) is 3.19. The van der Waals surface area contributed by atoms with Crippen LogP contribution in [0.3, 0.4) is 0 Å². The van der Waals surface area contributed by atoms with Gasteiger partial charge in [0.2, 0.25) is 0 Å². The van der Waals surface area contributed by atoms with Gasteiger partial charge in [0.05, 0.1) is 12.4 Å². The van der Waals surface area contributed by atoms with Crippen LogP contribution in [0.25, 0.3) is 0 Å². The summed E-state index contributed by atoms with van der Waals surface area (Å²) in [7, 11) is 0. The largest absolute Gasteiger partial charge is 0.305 e. The number of amides is 1. The molecule has 0 aliphatic rings. The van der Waals surface area contributed by atoms with E-state index in [-0.39, 0.29) is 5.91 Å². The van der Waals surface area contributed by atoms with Gasteiger partial charge in [-0.2, -0.15) is 0 Å². The number of hydrogen-bond donors (Lipinski definition) is 1. The molecule has 17 heavy (non-hydrogen) atoms. The third kappa shape index (κ3) is 3.25. The number of halogens is 2. The molecule has 86 valence electrons. The minimum Gasteiger partial charge on any atom is -0.305 e. The van der Waals surface area contributed by atoms with Crippen molar-refractivity contribution in [1.82, 2.24) is 9.97 Å². The molecular weight excluding hydrogens is 305 g/mol. The standard InChI is InChI=1S/C11H7BrClN3O/c12-9-5-15-10(6-14-9)16-11(17)7-2-1-3-8(13)4-7/h1-6H,(H,15,16,17). The fourth-order valence-corrected chi connectivity index (χ4v) is 1.59. The maximum atomic E-state index is 11.8. The zero-order valence-electron chi connectivity index (χ0n) is 8.52.